The zero-order chi connectivity index (χ0) is 15.0. The van der Waals surface area contributed by atoms with E-state index in [-0.39, 0.29) is 24.5 Å². The van der Waals surface area contributed by atoms with Crippen molar-refractivity contribution in [2.24, 2.45) is 0 Å². The van der Waals surface area contributed by atoms with E-state index in [2.05, 4.69) is 15.5 Å². The Labute approximate surface area is 123 Å². The Morgan fingerprint density at radius 3 is 2.76 bits per heavy atom. The second-order valence-electron chi connectivity index (χ2n) is 5.68. The number of H-pyrrole nitrogens is 1. The minimum absolute atomic E-state index is 0.121. The third-order valence-electron chi connectivity index (χ3n) is 3.96. The Hall–Kier alpha value is -1.89. The molecule has 2 heterocycles. The Bertz CT molecular complexity index is 545. The smallest absolute Gasteiger partial charge is 0.258 e. The molecule has 2 fully saturated rings. The molecule has 21 heavy (non-hydrogen) atoms. The van der Waals surface area contributed by atoms with Gasteiger partial charge in [0.15, 0.2) is 0 Å². The van der Waals surface area contributed by atoms with Crippen molar-refractivity contribution in [2.75, 3.05) is 19.8 Å². The molecule has 7 heteroatoms. The van der Waals surface area contributed by atoms with Crippen LogP contribution in [-0.4, -0.2) is 58.8 Å². The molecule has 0 spiro atoms. The van der Waals surface area contributed by atoms with E-state index in [4.69, 9.17) is 4.74 Å². The molecule has 1 aromatic heterocycles. The Balaban J connectivity index is 1.80. The molecule has 1 aliphatic carbocycles. The first-order valence-electron chi connectivity index (χ1n) is 7.28. The van der Waals surface area contributed by atoms with Crippen LogP contribution in [0.3, 0.4) is 0 Å². The molecule has 0 radical (unpaired) electrons. The van der Waals surface area contributed by atoms with Crippen LogP contribution in [0.5, 0.6) is 0 Å². The number of aromatic nitrogens is 2. The van der Waals surface area contributed by atoms with Gasteiger partial charge in [0.05, 0.1) is 24.5 Å². The highest BCUT2D eigenvalue weighted by atomic mass is 16.5. The average Bonchev–Trinajstić information content (AvgIpc) is 3.23. The maximum Gasteiger partial charge on any atom is 0.258 e. The second kappa shape index (κ2) is 5.48. The molecular formula is C14H20N4O3. The summed E-state index contributed by atoms with van der Waals surface area (Å²) in [6.07, 6.45) is 2.04. The highest BCUT2D eigenvalue weighted by molar-refractivity contribution is 5.99. The third kappa shape index (κ3) is 2.78. The van der Waals surface area contributed by atoms with Gasteiger partial charge in [-0.2, -0.15) is 5.10 Å². The third-order valence-corrected chi connectivity index (χ3v) is 3.96. The minimum atomic E-state index is -0.555. The molecule has 3 rings (SSSR count). The normalized spacial score (nSPS) is 22.2. The number of nitrogens with one attached hydrogen (secondary N) is 2. The largest absolute Gasteiger partial charge is 0.377 e. The predicted octanol–water partition coefficient (Wildman–Crippen LogP) is 0.146. The zero-order valence-corrected chi connectivity index (χ0v) is 12.3. The fraction of sp³-hybridized carbons (Fsp3) is 0.643. The summed E-state index contributed by atoms with van der Waals surface area (Å²) in [6, 6.07) is -0.283. The number of morpholine rings is 1. The molecule has 1 saturated heterocycles. The molecule has 2 aliphatic rings. The molecule has 1 atom stereocenters. The van der Waals surface area contributed by atoms with E-state index in [1.54, 1.807) is 11.8 Å². The van der Waals surface area contributed by atoms with Gasteiger partial charge in [0.2, 0.25) is 5.91 Å². The van der Waals surface area contributed by atoms with Gasteiger partial charge in [0, 0.05) is 18.3 Å². The summed E-state index contributed by atoms with van der Waals surface area (Å²) >= 11 is 0. The van der Waals surface area contributed by atoms with Gasteiger partial charge in [-0.15, -0.1) is 0 Å². The zero-order valence-electron chi connectivity index (χ0n) is 12.3. The molecule has 1 aliphatic heterocycles. The van der Waals surface area contributed by atoms with Crippen LogP contribution < -0.4 is 5.32 Å². The van der Waals surface area contributed by atoms with Crippen LogP contribution in [0.2, 0.25) is 0 Å². The fourth-order valence-corrected chi connectivity index (χ4v) is 2.60. The number of amides is 2. The van der Waals surface area contributed by atoms with Gasteiger partial charge in [-0.1, -0.05) is 0 Å². The Morgan fingerprint density at radius 1 is 1.38 bits per heavy atom. The summed E-state index contributed by atoms with van der Waals surface area (Å²) < 4.78 is 5.39. The number of aromatic amines is 1. The average molecular weight is 292 g/mol. The lowest BCUT2D eigenvalue weighted by Gasteiger charge is -2.34. The van der Waals surface area contributed by atoms with E-state index in [1.165, 1.54) is 0 Å². The topological polar surface area (TPSA) is 87.3 Å². The maximum atomic E-state index is 12.7. The summed E-state index contributed by atoms with van der Waals surface area (Å²) in [6.45, 7) is 4.73. The molecule has 1 saturated carbocycles. The van der Waals surface area contributed by atoms with Crippen LogP contribution >= 0.6 is 0 Å². The van der Waals surface area contributed by atoms with E-state index >= 15 is 0 Å². The summed E-state index contributed by atoms with van der Waals surface area (Å²) in [7, 11) is 0. The molecule has 1 aromatic rings. The van der Waals surface area contributed by atoms with Crippen LogP contribution in [-0.2, 0) is 9.53 Å². The van der Waals surface area contributed by atoms with Gasteiger partial charge in [-0.25, -0.2) is 0 Å². The second-order valence-corrected chi connectivity index (χ2v) is 5.68. The first-order valence-corrected chi connectivity index (χ1v) is 7.28. The first kappa shape index (κ1) is 14.1. The number of ether oxygens (including phenoxy) is 1. The molecule has 2 amide bonds. The first-order chi connectivity index (χ1) is 10.1. The Morgan fingerprint density at radius 2 is 2.14 bits per heavy atom. The van der Waals surface area contributed by atoms with Crippen molar-refractivity contribution in [3.05, 3.63) is 17.0 Å². The van der Waals surface area contributed by atoms with E-state index in [0.717, 1.165) is 18.5 Å². The fourth-order valence-electron chi connectivity index (χ4n) is 2.60. The molecule has 1 unspecified atom stereocenters. The van der Waals surface area contributed by atoms with Crippen molar-refractivity contribution in [1.82, 2.24) is 20.4 Å². The Kier molecular flexibility index (Phi) is 3.67. The monoisotopic (exact) mass is 292 g/mol. The van der Waals surface area contributed by atoms with E-state index < -0.39 is 6.04 Å². The van der Waals surface area contributed by atoms with Crippen LogP contribution in [0.4, 0.5) is 0 Å². The SMILES string of the molecule is Cc1n[nH]c(C)c1C(=O)N1CCOCC1C(=O)NC1CC1. The maximum absolute atomic E-state index is 12.7. The van der Waals surface area contributed by atoms with Gasteiger partial charge in [0.25, 0.3) is 5.91 Å². The highest BCUT2D eigenvalue weighted by Crippen LogP contribution is 2.21. The highest BCUT2D eigenvalue weighted by Gasteiger charge is 2.37. The van der Waals surface area contributed by atoms with Gasteiger partial charge in [0.1, 0.15) is 6.04 Å². The predicted molar refractivity (Wildman–Crippen MR) is 74.9 cm³/mol. The summed E-state index contributed by atoms with van der Waals surface area (Å²) in [4.78, 5) is 26.6. The molecule has 7 nitrogen and oxygen atoms in total. The molecule has 0 bridgehead atoms. The number of aryl methyl sites for hydroxylation is 2. The standard InChI is InChI=1S/C14H20N4O3/c1-8-12(9(2)17-16-8)14(20)18-5-6-21-7-11(18)13(19)15-10-3-4-10/h10-11H,3-7H2,1-2H3,(H,15,19)(H,16,17). The van der Waals surface area contributed by atoms with E-state index in [1.807, 2.05) is 6.92 Å². The van der Waals surface area contributed by atoms with Crippen molar-refractivity contribution in [1.29, 1.82) is 0 Å². The number of carbonyl (C=O) groups is 2. The summed E-state index contributed by atoms with van der Waals surface area (Å²) in [5.41, 5.74) is 1.94. The van der Waals surface area contributed by atoms with Crippen LogP contribution in [0.15, 0.2) is 0 Å². The number of hydrogen-bond donors (Lipinski definition) is 2. The quantitative estimate of drug-likeness (QED) is 0.830. The van der Waals surface area contributed by atoms with Crippen LogP contribution in [0, 0.1) is 13.8 Å². The minimum Gasteiger partial charge on any atom is -0.377 e. The lowest BCUT2D eigenvalue weighted by atomic mass is 10.1. The van der Waals surface area contributed by atoms with Gasteiger partial charge >= 0.3 is 0 Å². The molecule has 114 valence electrons. The number of rotatable bonds is 3. The lowest BCUT2D eigenvalue weighted by Crippen LogP contribution is -2.56. The summed E-state index contributed by atoms with van der Waals surface area (Å²) in [5.74, 6) is -0.276. The molecule has 0 aromatic carbocycles. The van der Waals surface area contributed by atoms with E-state index in [9.17, 15) is 9.59 Å². The van der Waals surface area contributed by atoms with Crippen LogP contribution in [0.25, 0.3) is 0 Å². The van der Waals surface area contributed by atoms with Gasteiger partial charge in [-0.3, -0.25) is 14.7 Å². The van der Waals surface area contributed by atoms with Crippen LogP contribution in [0.1, 0.15) is 34.6 Å². The number of carbonyl (C=O) groups excluding carboxylic acids is 2. The van der Waals surface area contributed by atoms with Gasteiger partial charge < -0.3 is 15.0 Å². The van der Waals surface area contributed by atoms with Crippen molar-refractivity contribution < 1.29 is 14.3 Å². The van der Waals surface area contributed by atoms with Crippen molar-refractivity contribution in [2.45, 2.75) is 38.8 Å². The lowest BCUT2D eigenvalue weighted by molar-refractivity contribution is -0.130. The van der Waals surface area contributed by atoms with Crippen molar-refractivity contribution in [3.63, 3.8) is 0 Å². The number of nitrogens with zero attached hydrogens (tertiary/aromatic N) is 2. The van der Waals surface area contributed by atoms with Gasteiger partial charge in [-0.05, 0) is 26.7 Å². The summed E-state index contributed by atoms with van der Waals surface area (Å²) in [5, 5.41) is 9.82. The molecular weight excluding hydrogens is 272 g/mol. The van der Waals surface area contributed by atoms with Crippen molar-refractivity contribution in [3.8, 4) is 0 Å². The van der Waals surface area contributed by atoms with E-state index in [0.29, 0.717) is 24.4 Å². The molecule has 2 N–H and O–H groups in total. The van der Waals surface area contributed by atoms with Crippen molar-refractivity contribution >= 4 is 11.8 Å². The number of hydrogen-bond acceptors (Lipinski definition) is 4.